The Bertz CT molecular complexity index is 655. The van der Waals surface area contributed by atoms with E-state index in [9.17, 15) is 19.8 Å². The standard InChI is InChI=1S/2C7H4Br2O2/c2*8-5-1-4(3-10)7(11)6(9)2-5/h2*1-3,11H. The van der Waals surface area contributed by atoms with Gasteiger partial charge < -0.3 is 10.2 Å². The van der Waals surface area contributed by atoms with E-state index in [1.165, 1.54) is 0 Å². The summed E-state index contributed by atoms with van der Waals surface area (Å²) < 4.78 is 2.52. The van der Waals surface area contributed by atoms with Crippen LogP contribution in [0.3, 0.4) is 0 Å². The number of phenols is 2. The summed E-state index contributed by atoms with van der Waals surface area (Å²) in [6.07, 6.45) is 1.20. The maximum absolute atomic E-state index is 10.3. The number of rotatable bonds is 2. The third kappa shape index (κ3) is 5.19. The summed E-state index contributed by atoms with van der Waals surface area (Å²) in [4.78, 5) is 20.7. The molecule has 0 saturated carbocycles. The van der Waals surface area contributed by atoms with Crippen molar-refractivity contribution in [3.8, 4) is 11.5 Å². The van der Waals surface area contributed by atoms with Crippen LogP contribution in [0.1, 0.15) is 20.7 Å². The number of aromatic hydroxyl groups is 2. The van der Waals surface area contributed by atoms with E-state index in [1.807, 2.05) is 0 Å². The SMILES string of the molecule is O=Cc1cc(Br)cc(Br)c1O.O=Cc1cc(Br)cc(Br)c1O. The number of halogens is 4. The van der Waals surface area contributed by atoms with Crippen LogP contribution >= 0.6 is 63.7 Å². The summed E-state index contributed by atoms with van der Waals surface area (Å²) in [5.41, 5.74) is 0.539. The van der Waals surface area contributed by atoms with Crippen molar-refractivity contribution in [2.24, 2.45) is 0 Å². The molecule has 0 atom stereocenters. The first-order valence-corrected chi connectivity index (χ1v) is 8.73. The number of aldehydes is 2. The van der Waals surface area contributed by atoms with E-state index in [-0.39, 0.29) is 22.6 Å². The molecule has 8 heteroatoms. The summed E-state index contributed by atoms with van der Waals surface area (Å²) in [5.74, 6) is -0.0496. The second-order valence-electron chi connectivity index (χ2n) is 3.89. The minimum absolute atomic E-state index is 0.0248. The van der Waals surface area contributed by atoms with Crippen molar-refractivity contribution in [2.45, 2.75) is 0 Å². The van der Waals surface area contributed by atoms with E-state index in [1.54, 1.807) is 24.3 Å². The van der Waals surface area contributed by atoms with E-state index >= 15 is 0 Å². The van der Waals surface area contributed by atoms with E-state index in [0.717, 1.165) is 8.95 Å². The third-order valence-corrected chi connectivity index (χ3v) is 4.49. The molecule has 4 nitrogen and oxygen atoms in total. The summed E-state index contributed by atoms with van der Waals surface area (Å²) in [5, 5.41) is 18.4. The molecule has 0 aliphatic rings. The zero-order valence-electron chi connectivity index (χ0n) is 10.7. The van der Waals surface area contributed by atoms with E-state index < -0.39 is 0 Å². The Morgan fingerprint density at radius 3 is 1.27 bits per heavy atom. The quantitative estimate of drug-likeness (QED) is 0.479. The highest BCUT2D eigenvalue weighted by molar-refractivity contribution is 9.11. The number of benzene rings is 2. The van der Waals surface area contributed by atoms with Gasteiger partial charge in [-0.3, -0.25) is 9.59 Å². The van der Waals surface area contributed by atoms with E-state index in [4.69, 9.17) is 0 Å². The molecule has 0 aliphatic carbocycles. The third-order valence-electron chi connectivity index (χ3n) is 2.37. The Morgan fingerprint density at radius 1 is 0.682 bits per heavy atom. The number of phenolic OH excluding ortho intramolecular Hbond substituents is 2. The van der Waals surface area contributed by atoms with E-state index in [0.29, 0.717) is 21.5 Å². The van der Waals surface area contributed by atoms with Crippen molar-refractivity contribution in [3.63, 3.8) is 0 Å². The minimum Gasteiger partial charge on any atom is -0.506 e. The highest BCUT2D eigenvalue weighted by atomic mass is 79.9. The van der Waals surface area contributed by atoms with Gasteiger partial charge in [0.05, 0.1) is 20.1 Å². The lowest BCUT2D eigenvalue weighted by Gasteiger charge is -1.99. The molecule has 0 radical (unpaired) electrons. The van der Waals surface area contributed by atoms with Crippen molar-refractivity contribution in [1.29, 1.82) is 0 Å². The lowest BCUT2D eigenvalue weighted by Crippen LogP contribution is -1.82. The van der Waals surface area contributed by atoms with Gasteiger partial charge in [-0.2, -0.15) is 0 Å². The van der Waals surface area contributed by atoms with Crippen LogP contribution in [0.25, 0.3) is 0 Å². The first-order chi connectivity index (χ1) is 10.3. The maximum Gasteiger partial charge on any atom is 0.153 e. The molecule has 2 N–H and O–H groups in total. The average Bonchev–Trinajstić information content (AvgIpc) is 2.47. The smallest absolute Gasteiger partial charge is 0.153 e. The van der Waals surface area contributed by atoms with Crippen LogP contribution in [0.4, 0.5) is 0 Å². The molecule has 0 amide bonds. The highest BCUT2D eigenvalue weighted by Crippen LogP contribution is 2.31. The summed E-state index contributed by atoms with van der Waals surface area (Å²) in [7, 11) is 0. The molecule has 0 spiro atoms. The second-order valence-corrected chi connectivity index (χ2v) is 7.43. The van der Waals surface area contributed by atoms with Crippen molar-refractivity contribution >= 4 is 76.3 Å². The Hall–Kier alpha value is -0.700. The molecule has 116 valence electrons. The van der Waals surface area contributed by atoms with Gasteiger partial charge in [-0.1, -0.05) is 31.9 Å². The summed E-state index contributed by atoms with van der Waals surface area (Å²) in [6.45, 7) is 0. The predicted octanol–water partition coefficient (Wildman–Crippen LogP) is 5.46. The van der Waals surface area contributed by atoms with Crippen LogP contribution in [0, 0.1) is 0 Å². The number of hydrogen-bond acceptors (Lipinski definition) is 4. The fourth-order valence-electron chi connectivity index (χ4n) is 1.35. The lowest BCUT2D eigenvalue weighted by atomic mass is 10.2. The largest absolute Gasteiger partial charge is 0.506 e. The predicted molar refractivity (Wildman–Crippen MR) is 97.8 cm³/mol. The van der Waals surface area contributed by atoms with Gasteiger partial charge in [0.15, 0.2) is 12.6 Å². The number of carbonyl (C=O) groups excluding carboxylic acids is 2. The molecule has 0 bridgehead atoms. The van der Waals surface area contributed by atoms with Gasteiger partial charge in [-0.15, -0.1) is 0 Å². The van der Waals surface area contributed by atoms with Crippen molar-refractivity contribution in [1.82, 2.24) is 0 Å². The molecule has 0 fully saturated rings. The highest BCUT2D eigenvalue weighted by Gasteiger charge is 2.05. The van der Waals surface area contributed by atoms with Crippen molar-refractivity contribution < 1.29 is 19.8 Å². The first kappa shape index (κ1) is 19.3. The second kappa shape index (κ2) is 8.81. The fraction of sp³-hybridized carbons (Fsp3) is 0. The van der Waals surface area contributed by atoms with Gasteiger partial charge in [-0.25, -0.2) is 0 Å². The first-order valence-electron chi connectivity index (χ1n) is 5.56. The summed E-state index contributed by atoms with van der Waals surface area (Å²) >= 11 is 12.6. The Kier molecular flexibility index (Phi) is 7.75. The molecule has 0 saturated heterocycles. The van der Waals surface area contributed by atoms with Crippen molar-refractivity contribution in [3.05, 3.63) is 53.3 Å². The average molecular weight is 560 g/mol. The van der Waals surface area contributed by atoms with Gasteiger partial charge >= 0.3 is 0 Å². The molecular weight excluding hydrogens is 552 g/mol. The Labute approximate surface area is 160 Å². The lowest BCUT2D eigenvalue weighted by molar-refractivity contribution is 0.111. The fourth-order valence-corrected chi connectivity index (χ4v) is 3.87. The van der Waals surface area contributed by atoms with Crippen LogP contribution in [-0.4, -0.2) is 22.8 Å². The van der Waals surface area contributed by atoms with Gasteiger partial charge in [0.2, 0.25) is 0 Å². The van der Waals surface area contributed by atoms with Crippen LogP contribution in [0.2, 0.25) is 0 Å². The molecule has 0 aliphatic heterocycles. The molecule has 22 heavy (non-hydrogen) atoms. The topological polar surface area (TPSA) is 74.6 Å². The van der Waals surface area contributed by atoms with Gasteiger partial charge in [0.25, 0.3) is 0 Å². The number of carbonyl (C=O) groups is 2. The summed E-state index contributed by atoms with van der Waals surface area (Å²) in [6, 6.07) is 6.44. The van der Waals surface area contributed by atoms with E-state index in [2.05, 4.69) is 63.7 Å². The van der Waals surface area contributed by atoms with Crippen LogP contribution in [0.5, 0.6) is 11.5 Å². The van der Waals surface area contributed by atoms with Crippen LogP contribution < -0.4 is 0 Å². The van der Waals surface area contributed by atoms with Crippen LogP contribution in [-0.2, 0) is 0 Å². The zero-order chi connectivity index (χ0) is 16.9. The molecule has 0 aromatic heterocycles. The normalized spacial score (nSPS) is 9.64. The van der Waals surface area contributed by atoms with Crippen LogP contribution in [0.15, 0.2) is 42.2 Å². The molecule has 0 heterocycles. The molecule has 2 aromatic carbocycles. The zero-order valence-corrected chi connectivity index (χ0v) is 17.0. The molecule has 0 unspecified atom stereocenters. The molecule has 2 aromatic rings. The Balaban J connectivity index is 0.000000220. The van der Waals surface area contributed by atoms with Gasteiger partial charge in [-0.05, 0) is 56.1 Å². The van der Waals surface area contributed by atoms with Gasteiger partial charge in [0.1, 0.15) is 11.5 Å². The van der Waals surface area contributed by atoms with Crippen molar-refractivity contribution in [2.75, 3.05) is 0 Å². The number of hydrogen-bond donors (Lipinski definition) is 2. The molecular formula is C14H8Br4O4. The maximum atomic E-state index is 10.3. The van der Waals surface area contributed by atoms with Gasteiger partial charge in [0, 0.05) is 8.95 Å². The monoisotopic (exact) mass is 556 g/mol. The Morgan fingerprint density at radius 2 is 1.00 bits per heavy atom. The molecule has 2 rings (SSSR count). The minimum atomic E-state index is -0.0248.